The molecule has 5 heteroatoms. The van der Waals surface area contributed by atoms with Crippen molar-refractivity contribution < 1.29 is 19.7 Å². The molecule has 0 aromatic heterocycles. The molecule has 0 aromatic carbocycles. The molecule has 3 N–H and O–H groups in total. The minimum atomic E-state index is -1.11. The third-order valence-corrected chi connectivity index (χ3v) is 1.38. The first-order valence-electron chi connectivity index (χ1n) is 4.89. The fourth-order valence-corrected chi connectivity index (χ4v) is 0.968. The minimum Gasteiger partial charge on any atom is -0.444 e. The molecule has 1 unspecified atom stereocenters. The van der Waals surface area contributed by atoms with E-state index >= 15 is 0 Å². The van der Waals surface area contributed by atoms with Gasteiger partial charge in [-0.3, -0.25) is 5.32 Å². The van der Waals surface area contributed by atoms with Crippen LogP contribution in [-0.4, -0.2) is 33.7 Å². The lowest BCUT2D eigenvalue weighted by atomic mass is 10.1. The molecule has 90 valence electrons. The van der Waals surface area contributed by atoms with Crippen molar-refractivity contribution >= 4 is 6.09 Å². The van der Waals surface area contributed by atoms with E-state index in [2.05, 4.69) is 5.32 Å². The van der Waals surface area contributed by atoms with Crippen LogP contribution in [-0.2, 0) is 4.74 Å². The van der Waals surface area contributed by atoms with Crippen molar-refractivity contribution in [3.05, 3.63) is 0 Å². The van der Waals surface area contributed by atoms with E-state index in [9.17, 15) is 15.0 Å². The fraction of sp³-hybridized carbons (Fsp3) is 0.900. The monoisotopic (exact) mass is 219 g/mol. The summed E-state index contributed by atoms with van der Waals surface area (Å²) in [5.74, 6) is 0. The molecule has 0 spiro atoms. The van der Waals surface area contributed by atoms with E-state index in [1.807, 2.05) is 0 Å². The smallest absolute Gasteiger partial charge is 0.409 e. The van der Waals surface area contributed by atoms with Crippen LogP contribution in [0.25, 0.3) is 0 Å². The molecule has 0 aromatic rings. The number of hydrogen-bond donors (Lipinski definition) is 3. The number of hydrogen-bond acceptors (Lipinski definition) is 4. The predicted octanol–water partition coefficient (Wildman–Crippen LogP) is 0.990. The molecule has 0 saturated carbocycles. The Morgan fingerprint density at radius 2 is 1.80 bits per heavy atom. The molecular formula is C10H21NO4. The van der Waals surface area contributed by atoms with Crippen LogP contribution < -0.4 is 5.32 Å². The Morgan fingerprint density at radius 1 is 1.33 bits per heavy atom. The highest BCUT2D eigenvalue weighted by Gasteiger charge is 2.22. The molecule has 0 aliphatic heterocycles. The molecule has 0 aliphatic rings. The first-order valence-corrected chi connectivity index (χ1v) is 4.89. The molecule has 5 nitrogen and oxygen atoms in total. The molecule has 0 radical (unpaired) electrons. The van der Waals surface area contributed by atoms with Gasteiger partial charge in [-0.25, -0.2) is 4.79 Å². The Hall–Kier alpha value is -0.810. The quantitative estimate of drug-likeness (QED) is 0.618. The summed E-state index contributed by atoms with van der Waals surface area (Å²) in [6.07, 6.45) is -1.76. The van der Waals surface area contributed by atoms with E-state index in [0.717, 1.165) is 0 Å². The summed E-state index contributed by atoms with van der Waals surface area (Å²) in [6, 6.07) is 0. The van der Waals surface area contributed by atoms with E-state index in [0.29, 0.717) is 0 Å². The van der Waals surface area contributed by atoms with Gasteiger partial charge in [-0.2, -0.15) is 0 Å². The van der Waals surface area contributed by atoms with Crippen molar-refractivity contribution in [2.75, 3.05) is 0 Å². The van der Waals surface area contributed by atoms with Crippen molar-refractivity contribution in [3.63, 3.8) is 0 Å². The summed E-state index contributed by atoms with van der Waals surface area (Å²) in [5, 5.41) is 21.0. The standard InChI is InChI=1S/C10H21NO4/c1-9(2,3)15-8(13)11-7(12)6-10(4,5)14/h7,12,14H,6H2,1-5H3,(H,11,13). The number of aliphatic hydroxyl groups excluding tert-OH is 1. The third-order valence-electron chi connectivity index (χ3n) is 1.38. The van der Waals surface area contributed by atoms with Gasteiger partial charge in [-0.15, -0.1) is 0 Å². The normalized spacial score (nSPS) is 14.6. The Bertz CT molecular complexity index is 214. The van der Waals surface area contributed by atoms with Crippen LogP contribution in [0, 0.1) is 0 Å². The number of alkyl carbamates (subject to hydrolysis) is 1. The molecule has 0 heterocycles. The highest BCUT2D eigenvalue weighted by atomic mass is 16.6. The van der Waals surface area contributed by atoms with Crippen LogP contribution in [0.1, 0.15) is 41.0 Å². The summed E-state index contributed by atoms with van der Waals surface area (Å²) in [5.41, 5.74) is -1.63. The lowest BCUT2D eigenvalue weighted by Crippen LogP contribution is -2.42. The van der Waals surface area contributed by atoms with Gasteiger partial charge < -0.3 is 14.9 Å². The lowest BCUT2D eigenvalue weighted by Gasteiger charge is -2.24. The largest absolute Gasteiger partial charge is 0.444 e. The van der Waals surface area contributed by atoms with E-state index in [1.165, 1.54) is 0 Å². The number of amides is 1. The van der Waals surface area contributed by atoms with Crippen molar-refractivity contribution in [2.45, 2.75) is 58.5 Å². The SMILES string of the molecule is CC(C)(O)CC(O)NC(=O)OC(C)(C)C. The second kappa shape index (κ2) is 4.81. The molecule has 1 atom stereocenters. The number of carbonyl (C=O) groups excluding carboxylic acids is 1. The maximum atomic E-state index is 11.2. The molecule has 0 fully saturated rings. The van der Waals surface area contributed by atoms with Gasteiger partial charge in [0.25, 0.3) is 0 Å². The van der Waals surface area contributed by atoms with Crippen molar-refractivity contribution in [2.24, 2.45) is 0 Å². The second-order valence-corrected chi connectivity index (χ2v) is 5.18. The van der Waals surface area contributed by atoms with Crippen LogP contribution in [0.2, 0.25) is 0 Å². The summed E-state index contributed by atoms with van der Waals surface area (Å²) >= 11 is 0. The van der Waals surface area contributed by atoms with Crippen LogP contribution in [0.5, 0.6) is 0 Å². The van der Waals surface area contributed by atoms with Gasteiger partial charge in [0.15, 0.2) is 0 Å². The third kappa shape index (κ3) is 9.49. The maximum absolute atomic E-state index is 11.2. The molecule has 15 heavy (non-hydrogen) atoms. The maximum Gasteiger partial charge on any atom is 0.409 e. The summed E-state index contributed by atoms with van der Waals surface area (Å²) in [4.78, 5) is 11.2. The van der Waals surface area contributed by atoms with Crippen LogP contribution in [0.15, 0.2) is 0 Å². The van der Waals surface area contributed by atoms with Gasteiger partial charge in [0.2, 0.25) is 0 Å². The Kier molecular flexibility index (Phi) is 4.55. The van der Waals surface area contributed by atoms with Crippen LogP contribution in [0.3, 0.4) is 0 Å². The Morgan fingerprint density at radius 3 is 2.13 bits per heavy atom. The molecule has 1 amide bonds. The van der Waals surface area contributed by atoms with E-state index in [4.69, 9.17) is 4.74 Å². The zero-order valence-electron chi connectivity index (χ0n) is 10.00. The molecule has 0 aliphatic carbocycles. The summed E-state index contributed by atoms with van der Waals surface area (Å²) < 4.78 is 4.93. The average Bonchev–Trinajstić information content (AvgIpc) is 1.73. The minimum absolute atomic E-state index is 0.0479. The van der Waals surface area contributed by atoms with Crippen molar-refractivity contribution in [1.82, 2.24) is 5.32 Å². The molecular weight excluding hydrogens is 198 g/mol. The number of ether oxygens (including phenoxy) is 1. The first-order chi connectivity index (χ1) is 6.49. The second-order valence-electron chi connectivity index (χ2n) is 5.18. The van der Waals surface area contributed by atoms with Crippen LogP contribution in [0.4, 0.5) is 4.79 Å². The van der Waals surface area contributed by atoms with Gasteiger partial charge in [-0.1, -0.05) is 0 Å². The van der Waals surface area contributed by atoms with Gasteiger partial charge >= 0.3 is 6.09 Å². The number of carbonyl (C=O) groups is 1. The van der Waals surface area contributed by atoms with E-state index < -0.39 is 23.5 Å². The van der Waals surface area contributed by atoms with E-state index in [1.54, 1.807) is 34.6 Å². The molecule has 0 rings (SSSR count). The highest BCUT2D eigenvalue weighted by molar-refractivity contribution is 5.67. The highest BCUT2D eigenvalue weighted by Crippen LogP contribution is 2.10. The van der Waals surface area contributed by atoms with E-state index in [-0.39, 0.29) is 6.42 Å². The number of rotatable bonds is 3. The lowest BCUT2D eigenvalue weighted by molar-refractivity contribution is -0.00362. The van der Waals surface area contributed by atoms with Crippen LogP contribution >= 0.6 is 0 Å². The topological polar surface area (TPSA) is 78.8 Å². The predicted molar refractivity (Wildman–Crippen MR) is 56.3 cm³/mol. The molecule has 0 bridgehead atoms. The average molecular weight is 219 g/mol. The van der Waals surface area contributed by atoms with Crippen molar-refractivity contribution in [1.29, 1.82) is 0 Å². The number of aliphatic hydroxyl groups is 2. The number of nitrogens with one attached hydrogen (secondary N) is 1. The summed E-state index contributed by atoms with van der Waals surface area (Å²) in [6.45, 7) is 8.29. The van der Waals surface area contributed by atoms with Gasteiger partial charge in [-0.05, 0) is 34.6 Å². The first kappa shape index (κ1) is 14.2. The van der Waals surface area contributed by atoms with Gasteiger partial charge in [0.05, 0.1) is 5.60 Å². The van der Waals surface area contributed by atoms with Gasteiger partial charge in [0.1, 0.15) is 11.8 Å². The van der Waals surface area contributed by atoms with Crippen molar-refractivity contribution in [3.8, 4) is 0 Å². The Balaban J connectivity index is 3.98. The molecule has 0 saturated heterocycles. The van der Waals surface area contributed by atoms with Gasteiger partial charge in [0, 0.05) is 6.42 Å². The summed E-state index contributed by atoms with van der Waals surface area (Å²) in [7, 11) is 0. The fourth-order valence-electron chi connectivity index (χ4n) is 0.968. The Labute approximate surface area is 90.4 Å². The zero-order chi connectivity index (χ0) is 12.3. The zero-order valence-corrected chi connectivity index (χ0v) is 10.00.